The molecule has 116 valence electrons. The van der Waals surface area contributed by atoms with Crippen LogP contribution in [0.15, 0.2) is 30.3 Å². The van der Waals surface area contributed by atoms with E-state index >= 15 is 0 Å². The van der Waals surface area contributed by atoms with Gasteiger partial charge in [-0.05, 0) is 12.0 Å². The largest absolute Gasteiger partial charge is 0.378 e. The van der Waals surface area contributed by atoms with Crippen molar-refractivity contribution in [2.75, 3.05) is 32.8 Å². The molecule has 0 aliphatic carbocycles. The molecule has 2 atom stereocenters. The molecule has 1 aromatic carbocycles. The number of hydrogen-bond acceptors (Lipinski definition) is 4. The van der Waals surface area contributed by atoms with E-state index in [1.165, 1.54) is 0 Å². The lowest BCUT2D eigenvalue weighted by Crippen LogP contribution is -2.56. The van der Waals surface area contributed by atoms with Crippen LogP contribution in [0.25, 0.3) is 0 Å². The summed E-state index contributed by atoms with van der Waals surface area (Å²) < 4.78 is 5.50. The molecule has 1 aliphatic rings. The number of nitrogens with one attached hydrogen (secondary N) is 1. The van der Waals surface area contributed by atoms with Crippen LogP contribution in [0.3, 0.4) is 0 Å². The van der Waals surface area contributed by atoms with Gasteiger partial charge in [-0.15, -0.1) is 0 Å². The van der Waals surface area contributed by atoms with Crippen molar-refractivity contribution in [2.45, 2.75) is 25.4 Å². The summed E-state index contributed by atoms with van der Waals surface area (Å²) in [5.41, 5.74) is 7.13. The second-order valence-electron chi connectivity index (χ2n) is 5.28. The monoisotopic (exact) mass is 291 g/mol. The quantitative estimate of drug-likeness (QED) is 0.817. The van der Waals surface area contributed by atoms with Crippen LogP contribution in [-0.2, 0) is 9.53 Å². The van der Waals surface area contributed by atoms with Gasteiger partial charge in [-0.2, -0.15) is 0 Å². The van der Waals surface area contributed by atoms with Crippen molar-refractivity contribution in [3.05, 3.63) is 35.9 Å². The molecule has 21 heavy (non-hydrogen) atoms. The van der Waals surface area contributed by atoms with E-state index in [0.717, 1.165) is 18.5 Å². The highest BCUT2D eigenvalue weighted by Gasteiger charge is 2.34. The first-order valence-corrected chi connectivity index (χ1v) is 7.64. The van der Waals surface area contributed by atoms with Gasteiger partial charge in [-0.25, -0.2) is 0 Å². The first kappa shape index (κ1) is 15.9. The van der Waals surface area contributed by atoms with Crippen molar-refractivity contribution in [1.29, 1.82) is 0 Å². The van der Waals surface area contributed by atoms with Crippen LogP contribution < -0.4 is 11.1 Å². The van der Waals surface area contributed by atoms with Crippen molar-refractivity contribution in [1.82, 2.24) is 10.2 Å². The summed E-state index contributed by atoms with van der Waals surface area (Å²) in [7, 11) is 0. The third-order valence-corrected chi connectivity index (χ3v) is 3.83. The Kier molecular flexibility index (Phi) is 6.17. The first-order chi connectivity index (χ1) is 10.3. The molecular weight excluding hydrogens is 266 g/mol. The van der Waals surface area contributed by atoms with Crippen LogP contribution in [0.4, 0.5) is 0 Å². The number of carbonyl (C=O) groups excluding carboxylic acids is 1. The van der Waals surface area contributed by atoms with Gasteiger partial charge in [0.25, 0.3) is 0 Å². The molecule has 0 bridgehead atoms. The Labute approximate surface area is 126 Å². The number of amides is 1. The van der Waals surface area contributed by atoms with E-state index in [9.17, 15) is 4.79 Å². The fraction of sp³-hybridized carbons (Fsp3) is 0.562. The van der Waals surface area contributed by atoms with Crippen LogP contribution in [0.1, 0.15) is 24.9 Å². The Hall–Kier alpha value is -1.43. The number of carbonyl (C=O) groups is 1. The molecule has 1 aromatic rings. The number of ether oxygens (including phenoxy) is 1. The fourth-order valence-corrected chi connectivity index (χ4v) is 2.72. The second-order valence-corrected chi connectivity index (χ2v) is 5.28. The molecule has 1 fully saturated rings. The summed E-state index contributed by atoms with van der Waals surface area (Å²) in [6.07, 6.45) is 0.929. The minimum Gasteiger partial charge on any atom is -0.378 e. The standard InChI is InChI=1S/C16H25N3O2/c1-2-8-18-16(20)15-12-21-10-9-19(15)14(11-17)13-6-4-3-5-7-13/h3-7,14-15H,2,8-12,17H2,1H3,(H,18,20). The van der Waals surface area contributed by atoms with Gasteiger partial charge in [-0.3, -0.25) is 9.69 Å². The highest BCUT2D eigenvalue weighted by atomic mass is 16.5. The zero-order valence-corrected chi connectivity index (χ0v) is 12.6. The molecule has 1 amide bonds. The van der Waals surface area contributed by atoms with Crippen LogP contribution in [0.2, 0.25) is 0 Å². The van der Waals surface area contributed by atoms with Crippen molar-refractivity contribution < 1.29 is 9.53 Å². The smallest absolute Gasteiger partial charge is 0.239 e. The molecular formula is C16H25N3O2. The van der Waals surface area contributed by atoms with Gasteiger partial charge in [0.1, 0.15) is 6.04 Å². The Bertz CT molecular complexity index is 438. The molecule has 0 radical (unpaired) electrons. The summed E-state index contributed by atoms with van der Waals surface area (Å²) in [6, 6.07) is 9.91. The zero-order valence-electron chi connectivity index (χ0n) is 12.6. The van der Waals surface area contributed by atoms with Crippen molar-refractivity contribution in [2.24, 2.45) is 5.73 Å². The maximum atomic E-state index is 12.3. The first-order valence-electron chi connectivity index (χ1n) is 7.64. The highest BCUT2D eigenvalue weighted by Crippen LogP contribution is 2.24. The van der Waals surface area contributed by atoms with Crippen LogP contribution >= 0.6 is 0 Å². The predicted octanol–water partition coefficient (Wildman–Crippen LogP) is 0.913. The topological polar surface area (TPSA) is 67.6 Å². The average Bonchev–Trinajstić information content (AvgIpc) is 2.55. The third kappa shape index (κ3) is 4.03. The average molecular weight is 291 g/mol. The van der Waals surface area contributed by atoms with Gasteiger partial charge in [0.2, 0.25) is 5.91 Å². The number of nitrogens with two attached hydrogens (primary N) is 1. The van der Waals surface area contributed by atoms with E-state index in [2.05, 4.69) is 22.3 Å². The van der Waals surface area contributed by atoms with Gasteiger partial charge in [0.15, 0.2) is 0 Å². The Morgan fingerprint density at radius 3 is 2.90 bits per heavy atom. The molecule has 0 spiro atoms. The van der Waals surface area contributed by atoms with E-state index in [-0.39, 0.29) is 18.0 Å². The fourth-order valence-electron chi connectivity index (χ4n) is 2.72. The molecule has 0 saturated carbocycles. The molecule has 0 aromatic heterocycles. The summed E-state index contributed by atoms with van der Waals surface area (Å²) in [6.45, 7) is 5.02. The molecule has 2 unspecified atom stereocenters. The van der Waals surface area contributed by atoms with Gasteiger partial charge in [0.05, 0.1) is 13.2 Å². The van der Waals surface area contributed by atoms with Gasteiger partial charge in [0, 0.05) is 25.7 Å². The van der Waals surface area contributed by atoms with E-state index in [1.54, 1.807) is 0 Å². The third-order valence-electron chi connectivity index (χ3n) is 3.83. The van der Waals surface area contributed by atoms with E-state index in [0.29, 0.717) is 26.3 Å². The van der Waals surface area contributed by atoms with Crippen LogP contribution in [-0.4, -0.2) is 49.7 Å². The highest BCUT2D eigenvalue weighted by molar-refractivity contribution is 5.82. The zero-order chi connectivity index (χ0) is 15.1. The normalized spacial score (nSPS) is 21.0. The minimum absolute atomic E-state index is 0.0333. The van der Waals surface area contributed by atoms with Crippen LogP contribution in [0, 0.1) is 0 Å². The van der Waals surface area contributed by atoms with Gasteiger partial charge >= 0.3 is 0 Å². The summed E-state index contributed by atoms with van der Waals surface area (Å²) in [4.78, 5) is 14.5. The number of morpholine rings is 1. The van der Waals surface area contributed by atoms with Crippen molar-refractivity contribution >= 4 is 5.91 Å². The number of hydrogen-bond donors (Lipinski definition) is 2. The Morgan fingerprint density at radius 1 is 1.48 bits per heavy atom. The summed E-state index contributed by atoms with van der Waals surface area (Å²) in [5, 5.41) is 2.96. The van der Waals surface area contributed by atoms with Gasteiger partial charge in [-0.1, -0.05) is 37.3 Å². The Balaban J connectivity index is 2.14. The predicted molar refractivity (Wildman–Crippen MR) is 82.9 cm³/mol. The lowest BCUT2D eigenvalue weighted by molar-refractivity contribution is -0.134. The molecule has 1 aliphatic heterocycles. The number of nitrogens with zero attached hydrogens (tertiary/aromatic N) is 1. The van der Waals surface area contributed by atoms with E-state index < -0.39 is 0 Å². The number of benzene rings is 1. The molecule has 1 saturated heterocycles. The van der Waals surface area contributed by atoms with Crippen molar-refractivity contribution in [3.63, 3.8) is 0 Å². The lowest BCUT2D eigenvalue weighted by Gasteiger charge is -2.39. The molecule has 3 N–H and O–H groups in total. The van der Waals surface area contributed by atoms with Gasteiger partial charge < -0.3 is 15.8 Å². The summed E-state index contributed by atoms with van der Waals surface area (Å²) in [5.74, 6) is 0.0333. The number of rotatable bonds is 6. The van der Waals surface area contributed by atoms with E-state index in [1.807, 2.05) is 25.1 Å². The van der Waals surface area contributed by atoms with Crippen LogP contribution in [0.5, 0.6) is 0 Å². The molecule has 5 heteroatoms. The lowest BCUT2D eigenvalue weighted by atomic mass is 10.0. The second kappa shape index (κ2) is 8.12. The summed E-state index contributed by atoms with van der Waals surface area (Å²) >= 11 is 0. The minimum atomic E-state index is -0.265. The van der Waals surface area contributed by atoms with Crippen molar-refractivity contribution in [3.8, 4) is 0 Å². The maximum Gasteiger partial charge on any atom is 0.239 e. The Morgan fingerprint density at radius 2 is 2.24 bits per heavy atom. The van der Waals surface area contributed by atoms with E-state index in [4.69, 9.17) is 10.5 Å². The maximum absolute atomic E-state index is 12.3. The SMILES string of the molecule is CCCNC(=O)C1COCCN1C(CN)c1ccccc1. The molecule has 1 heterocycles. The molecule has 5 nitrogen and oxygen atoms in total. The molecule has 2 rings (SSSR count).